The summed E-state index contributed by atoms with van der Waals surface area (Å²) in [6.45, 7) is 0. The second-order valence-electron chi connectivity index (χ2n) is 9.12. The van der Waals surface area contributed by atoms with Crippen molar-refractivity contribution in [3.8, 4) is 11.1 Å². The minimum absolute atomic E-state index is 0.201. The molecule has 0 saturated heterocycles. The van der Waals surface area contributed by atoms with Gasteiger partial charge >= 0.3 is 0 Å². The van der Waals surface area contributed by atoms with Crippen molar-refractivity contribution in [3.05, 3.63) is 132 Å². The topological polar surface area (TPSA) is 36.8 Å². The normalized spacial score (nSPS) is 15.2. The highest BCUT2D eigenvalue weighted by Gasteiger charge is 2.17. The van der Waals surface area contributed by atoms with Gasteiger partial charge in [0, 0.05) is 5.56 Å². The number of aliphatic imine (C=N–C) groups is 2. The van der Waals surface area contributed by atoms with E-state index in [0.29, 0.717) is 0 Å². The number of nitrogens with one attached hydrogen (secondary N) is 1. The summed E-state index contributed by atoms with van der Waals surface area (Å²) in [5, 5.41) is 11.0. The summed E-state index contributed by atoms with van der Waals surface area (Å²) in [5.74, 6) is 0.736. The van der Waals surface area contributed by atoms with Gasteiger partial charge in [-0.15, -0.1) is 0 Å². The van der Waals surface area contributed by atoms with Crippen LogP contribution in [0, 0.1) is 0 Å². The number of fused-ring (bicyclic) bond motifs is 6. The third-order valence-corrected chi connectivity index (χ3v) is 6.98. The van der Waals surface area contributed by atoms with Gasteiger partial charge in [0.05, 0.1) is 6.34 Å². The van der Waals surface area contributed by atoms with Gasteiger partial charge in [-0.3, -0.25) is 0 Å². The summed E-state index contributed by atoms with van der Waals surface area (Å²) in [4.78, 5) is 9.59. The predicted octanol–water partition coefficient (Wildman–Crippen LogP) is 7.89. The van der Waals surface area contributed by atoms with Gasteiger partial charge < -0.3 is 5.32 Å². The van der Waals surface area contributed by atoms with Crippen LogP contribution in [0.25, 0.3) is 43.4 Å². The number of benzene rings is 6. The van der Waals surface area contributed by atoms with E-state index < -0.39 is 0 Å². The van der Waals surface area contributed by atoms with Crippen LogP contribution in [0.2, 0.25) is 0 Å². The fraction of sp³-hybridized carbons (Fsp3) is 0.0303. The van der Waals surface area contributed by atoms with Crippen molar-refractivity contribution < 1.29 is 0 Å². The predicted molar refractivity (Wildman–Crippen MR) is 152 cm³/mol. The van der Waals surface area contributed by atoms with E-state index in [4.69, 9.17) is 4.99 Å². The second kappa shape index (κ2) is 8.47. The molecule has 0 aliphatic carbocycles. The molecule has 0 bridgehead atoms. The minimum atomic E-state index is -0.201. The molecule has 0 amide bonds. The maximum absolute atomic E-state index is 5.01. The standard InChI is InChI=1S/C33H23N3/c1-2-9-22(10-3-1)23-11-8-12-24(19-23)32-34-21-35-33(36-32)25-17-18-30-28-15-5-4-13-26(28)27-14-6-7-16-29(27)31(30)20-25/h1-21,33H,(H,34,35,36). The molecule has 6 aromatic rings. The molecule has 1 heterocycles. The highest BCUT2D eigenvalue weighted by molar-refractivity contribution is 6.25. The lowest BCUT2D eigenvalue weighted by Crippen LogP contribution is -2.24. The average molecular weight is 462 g/mol. The fourth-order valence-corrected chi connectivity index (χ4v) is 5.25. The monoisotopic (exact) mass is 461 g/mol. The zero-order chi connectivity index (χ0) is 23.9. The molecule has 7 rings (SSSR count). The highest BCUT2D eigenvalue weighted by Crippen LogP contribution is 2.36. The van der Waals surface area contributed by atoms with Gasteiger partial charge in [0.15, 0.2) is 5.84 Å². The summed E-state index contributed by atoms with van der Waals surface area (Å²) in [6, 6.07) is 42.8. The average Bonchev–Trinajstić information content (AvgIpc) is 2.98. The lowest BCUT2D eigenvalue weighted by Gasteiger charge is -2.20. The van der Waals surface area contributed by atoms with Crippen molar-refractivity contribution >= 4 is 44.5 Å². The molecule has 36 heavy (non-hydrogen) atoms. The van der Waals surface area contributed by atoms with Crippen LogP contribution in [0.4, 0.5) is 0 Å². The van der Waals surface area contributed by atoms with Crippen molar-refractivity contribution in [1.82, 2.24) is 5.32 Å². The molecule has 3 heteroatoms. The van der Waals surface area contributed by atoms with E-state index in [1.807, 2.05) is 6.07 Å². The molecule has 170 valence electrons. The van der Waals surface area contributed by atoms with E-state index in [1.54, 1.807) is 6.34 Å². The Morgan fingerprint density at radius 2 is 1.06 bits per heavy atom. The first-order valence-electron chi connectivity index (χ1n) is 12.2. The maximum atomic E-state index is 5.01. The van der Waals surface area contributed by atoms with Gasteiger partial charge in [-0.25, -0.2) is 9.98 Å². The van der Waals surface area contributed by atoms with Gasteiger partial charge in [-0.2, -0.15) is 0 Å². The Bertz CT molecular complexity index is 1780. The van der Waals surface area contributed by atoms with Crippen LogP contribution >= 0.6 is 0 Å². The zero-order valence-corrected chi connectivity index (χ0v) is 19.6. The van der Waals surface area contributed by atoms with Crippen molar-refractivity contribution in [2.45, 2.75) is 6.17 Å². The first kappa shape index (κ1) is 20.6. The lowest BCUT2D eigenvalue weighted by atomic mass is 9.93. The molecular formula is C33H23N3. The quantitative estimate of drug-likeness (QED) is 0.267. The van der Waals surface area contributed by atoms with Crippen LogP contribution in [0.15, 0.2) is 131 Å². The smallest absolute Gasteiger partial charge is 0.158 e. The molecular weight excluding hydrogens is 438 g/mol. The van der Waals surface area contributed by atoms with E-state index in [0.717, 1.165) is 22.5 Å². The minimum Gasteiger partial charge on any atom is -0.351 e. The third-order valence-electron chi connectivity index (χ3n) is 6.98. The van der Waals surface area contributed by atoms with Gasteiger partial charge in [0.25, 0.3) is 0 Å². The third kappa shape index (κ3) is 3.45. The molecule has 0 aromatic heterocycles. The molecule has 1 unspecified atom stereocenters. The summed E-state index contributed by atoms with van der Waals surface area (Å²) in [5.41, 5.74) is 4.47. The number of hydrogen-bond acceptors (Lipinski definition) is 3. The first-order chi connectivity index (χ1) is 17.8. The van der Waals surface area contributed by atoms with Crippen LogP contribution in [0.5, 0.6) is 0 Å². The Balaban J connectivity index is 1.33. The summed E-state index contributed by atoms with van der Waals surface area (Å²) >= 11 is 0. The second-order valence-corrected chi connectivity index (χ2v) is 9.12. The van der Waals surface area contributed by atoms with Crippen molar-refractivity contribution in [2.24, 2.45) is 9.98 Å². The van der Waals surface area contributed by atoms with E-state index in [-0.39, 0.29) is 6.17 Å². The molecule has 0 radical (unpaired) electrons. The Hall–Kier alpha value is -4.76. The molecule has 1 aliphatic heterocycles. The summed E-state index contributed by atoms with van der Waals surface area (Å²) in [7, 11) is 0. The number of amidine groups is 1. The largest absolute Gasteiger partial charge is 0.351 e. The highest BCUT2D eigenvalue weighted by atomic mass is 15.2. The van der Waals surface area contributed by atoms with E-state index >= 15 is 0 Å². The van der Waals surface area contributed by atoms with Crippen molar-refractivity contribution in [3.63, 3.8) is 0 Å². The van der Waals surface area contributed by atoms with Crippen LogP contribution in [0.1, 0.15) is 17.3 Å². The van der Waals surface area contributed by atoms with E-state index in [2.05, 4.69) is 126 Å². The first-order valence-corrected chi connectivity index (χ1v) is 12.2. The number of hydrogen-bond donors (Lipinski definition) is 1. The fourth-order valence-electron chi connectivity index (χ4n) is 5.25. The number of rotatable bonds is 3. The molecule has 0 saturated carbocycles. The number of nitrogens with zero attached hydrogens (tertiary/aromatic N) is 2. The molecule has 1 aliphatic rings. The molecule has 3 nitrogen and oxygen atoms in total. The summed E-state index contributed by atoms with van der Waals surface area (Å²) in [6.07, 6.45) is 1.57. The SMILES string of the molecule is C1=NC(c2cccc(-c3ccccc3)c2)=NC(c2ccc3c4ccccc4c4ccccc4c3c2)N1. The Labute approximate surface area is 209 Å². The zero-order valence-electron chi connectivity index (χ0n) is 19.6. The van der Waals surface area contributed by atoms with Gasteiger partial charge in [0.2, 0.25) is 0 Å². The molecule has 1 atom stereocenters. The van der Waals surface area contributed by atoms with Crippen LogP contribution in [0.3, 0.4) is 0 Å². The Morgan fingerprint density at radius 1 is 0.472 bits per heavy atom. The van der Waals surface area contributed by atoms with Crippen LogP contribution in [-0.4, -0.2) is 12.2 Å². The molecule has 0 spiro atoms. The van der Waals surface area contributed by atoms with Gasteiger partial charge in [0.1, 0.15) is 6.17 Å². The van der Waals surface area contributed by atoms with Crippen LogP contribution in [-0.2, 0) is 0 Å². The maximum Gasteiger partial charge on any atom is 0.158 e. The molecule has 1 N–H and O–H groups in total. The van der Waals surface area contributed by atoms with Crippen LogP contribution < -0.4 is 5.32 Å². The Morgan fingerprint density at radius 3 is 1.78 bits per heavy atom. The van der Waals surface area contributed by atoms with Crippen molar-refractivity contribution in [1.29, 1.82) is 0 Å². The van der Waals surface area contributed by atoms with Gasteiger partial charge in [-0.1, -0.05) is 109 Å². The Kier molecular flexibility index (Phi) is 4.85. The summed E-state index contributed by atoms with van der Waals surface area (Å²) < 4.78 is 0. The van der Waals surface area contributed by atoms with Crippen molar-refractivity contribution in [2.75, 3.05) is 0 Å². The van der Waals surface area contributed by atoms with E-state index in [1.165, 1.54) is 37.9 Å². The lowest BCUT2D eigenvalue weighted by molar-refractivity contribution is 0.685. The van der Waals surface area contributed by atoms with E-state index in [9.17, 15) is 0 Å². The molecule has 0 fully saturated rings. The molecule has 6 aromatic carbocycles. The van der Waals surface area contributed by atoms with Gasteiger partial charge in [-0.05, 0) is 61.1 Å².